The van der Waals surface area contributed by atoms with Gasteiger partial charge in [0.1, 0.15) is 0 Å². The van der Waals surface area contributed by atoms with E-state index < -0.39 is 24.1 Å². The van der Waals surface area contributed by atoms with Gasteiger partial charge >= 0.3 is 5.97 Å². The van der Waals surface area contributed by atoms with Gasteiger partial charge in [0, 0.05) is 6.42 Å². The van der Waals surface area contributed by atoms with Gasteiger partial charge in [0.2, 0.25) is 0 Å². The number of aliphatic hydroxyl groups excluding tert-OH is 2. The second kappa shape index (κ2) is 17.3. The Bertz CT molecular complexity index is 390. The van der Waals surface area contributed by atoms with Crippen LogP contribution >= 0.6 is 0 Å². The summed E-state index contributed by atoms with van der Waals surface area (Å²) in [6.07, 6.45) is 17.3. The maximum absolute atomic E-state index is 11.3. The van der Waals surface area contributed by atoms with E-state index in [1.165, 1.54) is 19.3 Å². The van der Waals surface area contributed by atoms with Gasteiger partial charge in [0.15, 0.2) is 0 Å². The van der Waals surface area contributed by atoms with Crippen molar-refractivity contribution in [3.63, 3.8) is 0 Å². The fourth-order valence-electron chi connectivity index (χ4n) is 2.97. The van der Waals surface area contributed by atoms with Crippen molar-refractivity contribution in [1.29, 1.82) is 0 Å². The highest BCUT2D eigenvalue weighted by Gasteiger charge is 2.27. The summed E-state index contributed by atoms with van der Waals surface area (Å²) in [5.41, 5.74) is 0. The van der Waals surface area contributed by atoms with E-state index in [-0.39, 0.29) is 6.42 Å². The lowest BCUT2D eigenvalue weighted by Crippen LogP contribution is -2.31. The zero-order valence-electron chi connectivity index (χ0n) is 16.8. The molecular weight excluding hydrogens is 328 g/mol. The normalized spacial score (nSPS) is 15.5. The van der Waals surface area contributed by atoms with Crippen molar-refractivity contribution in [2.75, 3.05) is 0 Å². The van der Waals surface area contributed by atoms with E-state index in [0.29, 0.717) is 12.8 Å². The molecule has 4 nitrogen and oxygen atoms in total. The summed E-state index contributed by atoms with van der Waals surface area (Å²) in [5, 5.41) is 29.5. The van der Waals surface area contributed by atoms with Crippen molar-refractivity contribution in [3.05, 3.63) is 24.3 Å². The van der Waals surface area contributed by atoms with Crippen LogP contribution in [0.2, 0.25) is 0 Å². The minimum absolute atomic E-state index is 0.113. The first-order chi connectivity index (χ1) is 12.5. The predicted octanol–water partition coefficient (Wildman–Crippen LogP) is 5.24. The first-order valence-corrected chi connectivity index (χ1v) is 10.4. The number of carbonyl (C=O) groups is 1. The largest absolute Gasteiger partial charge is 0.481 e. The quantitative estimate of drug-likeness (QED) is 0.242. The molecule has 0 bridgehead atoms. The van der Waals surface area contributed by atoms with Crippen molar-refractivity contribution in [3.8, 4) is 0 Å². The number of aliphatic carboxylic acids is 1. The highest BCUT2D eigenvalue weighted by Crippen LogP contribution is 2.19. The van der Waals surface area contributed by atoms with Gasteiger partial charge in [-0.05, 0) is 32.1 Å². The maximum atomic E-state index is 11.3. The highest BCUT2D eigenvalue weighted by molar-refractivity contribution is 5.70. The molecule has 3 atom stereocenters. The monoisotopic (exact) mass is 368 g/mol. The number of aliphatic hydroxyl groups is 2. The number of hydrogen-bond donors (Lipinski definition) is 3. The fraction of sp³-hybridized carbons (Fsp3) is 0.773. The van der Waals surface area contributed by atoms with Gasteiger partial charge in [0.25, 0.3) is 0 Å². The van der Waals surface area contributed by atoms with Gasteiger partial charge in [-0.2, -0.15) is 0 Å². The zero-order chi connectivity index (χ0) is 19.6. The van der Waals surface area contributed by atoms with Gasteiger partial charge in [0.05, 0.1) is 18.1 Å². The average molecular weight is 369 g/mol. The van der Waals surface area contributed by atoms with E-state index in [9.17, 15) is 20.1 Å². The summed E-state index contributed by atoms with van der Waals surface area (Å²) >= 11 is 0. The van der Waals surface area contributed by atoms with Gasteiger partial charge in [-0.15, -0.1) is 0 Å². The molecule has 4 heteroatoms. The number of hydrogen-bond acceptors (Lipinski definition) is 3. The zero-order valence-corrected chi connectivity index (χ0v) is 16.8. The predicted molar refractivity (Wildman–Crippen MR) is 108 cm³/mol. The van der Waals surface area contributed by atoms with Crippen LogP contribution in [0.25, 0.3) is 0 Å². The molecule has 0 saturated heterocycles. The van der Waals surface area contributed by atoms with Crippen LogP contribution < -0.4 is 0 Å². The number of unbranched alkanes of at least 4 members (excludes halogenated alkanes) is 6. The molecule has 0 aliphatic heterocycles. The molecular formula is C22H40O4. The topological polar surface area (TPSA) is 77.8 Å². The molecule has 0 aromatic rings. The standard InChI is InChI=1S/C22H40O4/c1-3-5-7-9-10-11-12-13-14-16-19(23)18-21(24)20(22(25)26)17-15-8-6-4-2/h10-11,13-14,19-21,23-24H,3-9,12,15-18H2,1-2H3,(H,25,26). The molecule has 0 heterocycles. The summed E-state index contributed by atoms with van der Waals surface area (Å²) < 4.78 is 0. The van der Waals surface area contributed by atoms with Crippen LogP contribution in [0.4, 0.5) is 0 Å². The molecule has 0 aromatic heterocycles. The molecule has 0 aromatic carbocycles. The second-order valence-corrected chi connectivity index (χ2v) is 7.16. The first kappa shape index (κ1) is 24.9. The summed E-state index contributed by atoms with van der Waals surface area (Å²) in [4.78, 5) is 11.3. The van der Waals surface area contributed by atoms with E-state index in [0.717, 1.165) is 38.5 Å². The minimum Gasteiger partial charge on any atom is -0.481 e. The number of carboxylic acid groups (broad SMARTS) is 1. The van der Waals surface area contributed by atoms with Crippen molar-refractivity contribution >= 4 is 5.97 Å². The van der Waals surface area contributed by atoms with Gasteiger partial charge in [-0.3, -0.25) is 4.79 Å². The Morgan fingerprint density at radius 2 is 1.54 bits per heavy atom. The van der Waals surface area contributed by atoms with E-state index in [1.54, 1.807) is 0 Å². The Labute approximate surface area is 160 Å². The third-order valence-corrected chi connectivity index (χ3v) is 4.65. The Morgan fingerprint density at radius 1 is 0.885 bits per heavy atom. The van der Waals surface area contributed by atoms with Crippen LogP contribution in [-0.4, -0.2) is 33.5 Å². The van der Waals surface area contributed by atoms with Gasteiger partial charge in [-0.1, -0.05) is 76.7 Å². The molecule has 0 radical (unpaired) electrons. The first-order valence-electron chi connectivity index (χ1n) is 10.4. The van der Waals surface area contributed by atoms with Gasteiger partial charge in [-0.25, -0.2) is 0 Å². The molecule has 152 valence electrons. The Balaban J connectivity index is 4.04. The summed E-state index contributed by atoms with van der Waals surface area (Å²) in [6, 6.07) is 0. The van der Waals surface area contributed by atoms with Crippen LogP contribution in [0.5, 0.6) is 0 Å². The van der Waals surface area contributed by atoms with Crippen molar-refractivity contribution < 1.29 is 20.1 Å². The van der Waals surface area contributed by atoms with Crippen LogP contribution in [-0.2, 0) is 4.79 Å². The molecule has 0 fully saturated rings. The molecule has 0 amide bonds. The molecule has 3 unspecified atom stereocenters. The summed E-state index contributed by atoms with van der Waals surface area (Å²) in [7, 11) is 0. The van der Waals surface area contributed by atoms with E-state index >= 15 is 0 Å². The van der Waals surface area contributed by atoms with Gasteiger partial charge < -0.3 is 15.3 Å². The molecule has 3 N–H and O–H groups in total. The average Bonchev–Trinajstić information content (AvgIpc) is 2.59. The molecule has 0 aliphatic carbocycles. The smallest absolute Gasteiger partial charge is 0.309 e. The van der Waals surface area contributed by atoms with E-state index in [1.807, 2.05) is 12.2 Å². The van der Waals surface area contributed by atoms with Crippen LogP contribution in [0.1, 0.15) is 90.9 Å². The van der Waals surface area contributed by atoms with E-state index in [2.05, 4.69) is 26.0 Å². The minimum atomic E-state index is -0.990. The second-order valence-electron chi connectivity index (χ2n) is 7.16. The van der Waals surface area contributed by atoms with Crippen molar-refractivity contribution in [1.82, 2.24) is 0 Å². The molecule has 0 spiro atoms. The Morgan fingerprint density at radius 3 is 2.19 bits per heavy atom. The summed E-state index contributed by atoms with van der Waals surface area (Å²) in [6.45, 7) is 4.30. The van der Waals surface area contributed by atoms with Crippen LogP contribution in [0, 0.1) is 5.92 Å². The molecule has 0 aliphatic rings. The van der Waals surface area contributed by atoms with Crippen molar-refractivity contribution in [2.45, 2.75) is 103 Å². The SMILES string of the molecule is CCCCCC=CCC=CCC(O)CC(O)C(CCCCCC)C(=O)O. The van der Waals surface area contributed by atoms with Crippen molar-refractivity contribution in [2.24, 2.45) is 5.92 Å². The van der Waals surface area contributed by atoms with Crippen LogP contribution in [0.3, 0.4) is 0 Å². The number of rotatable bonds is 17. The van der Waals surface area contributed by atoms with Crippen LogP contribution in [0.15, 0.2) is 24.3 Å². The molecule has 26 heavy (non-hydrogen) atoms. The molecule has 0 rings (SSSR count). The highest BCUT2D eigenvalue weighted by atomic mass is 16.4. The fourth-order valence-corrected chi connectivity index (χ4v) is 2.97. The Hall–Kier alpha value is -1.13. The summed E-state index contributed by atoms with van der Waals surface area (Å²) in [5.74, 6) is -1.75. The maximum Gasteiger partial charge on any atom is 0.309 e. The third kappa shape index (κ3) is 14.1. The lowest BCUT2D eigenvalue weighted by molar-refractivity contribution is -0.146. The third-order valence-electron chi connectivity index (χ3n) is 4.65. The molecule has 0 saturated carbocycles. The lowest BCUT2D eigenvalue weighted by Gasteiger charge is -2.21. The van der Waals surface area contributed by atoms with E-state index in [4.69, 9.17) is 0 Å². The number of carboxylic acids is 1. The lowest BCUT2D eigenvalue weighted by atomic mass is 9.91. The number of allylic oxidation sites excluding steroid dienone is 3. The Kier molecular flexibility index (Phi) is 16.5.